The SMILES string of the molecule is COc1ccc(N(C(=O)Cn2nnc3ccccc32)[C@H](C(=O)NCc2ccco2)c2ccccc2)cc1. The second kappa shape index (κ2) is 10.8. The highest BCUT2D eigenvalue weighted by Gasteiger charge is 2.33. The number of nitrogens with zero attached hydrogens (tertiary/aromatic N) is 4. The highest BCUT2D eigenvalue weighted by atomic mass is 16.5. The van der Waals surface area contributed by atoms with E-state index < -0.39 is 6.04 Å². The van der Waals surface area contributed by atoms with E-state index in [0.29, 0.717) is 28.3 Å². The van der Waals surface area contributed by atoms with Crippen molar-refractivity contribution in [2.45, 2.75) is 19.1 Å². The number of carbonyl (C=O) groups is 2. The van der Waals surface area contributed by atoms with Crippen molar-refractivity contribution in [2.75, 3.05) is 12.0 Å². The van der Waals surface area contributed by atoms with E-state index in [9.17, 15) is 9.59 Å². The summed E-state index contributed by atoms with van der Waals surface area (Å²) in [6.45, 7) is 0.0782. The Morgan fingerprint density at radius 2 is 1.73 bits per heavy atom. The van der Waals surface area contributed by atoms with E-state index in [0.717, 1.165) is 5.52 Å². The molecule has 0 bridgehead atoms. The molecule has 0 fully saturated rings. The number of nitrogens with one attached hydrogen (secondary N) is 1. The molecule has 0 spiro atoms. The number of furan rings is 1. The minimum atomic E-state index is -0.952. The van der Waals surface area contributed by atoms with Gasteiger partial charge in [-0.25, -0.2) is 4.68 Å². The number of aromatic nitrogens is 3. The third-order valence-corrected chi connectivity index (χ3v) is 5.96. The molecule has 0 saturated heterocycles. The molecule has 9 heteroatoms. The number of methoxy groups -OCH3 is 1. The lowest BCUT2D eigenvalue weighted by Crippen LogP contribution is -2.45. The van der Waals surface area contributed by atoms with E-state index in [1.807, 2.05) is 54.6 Å². The predicted octanol–water partition coefficient (Wildman–Crippen LogP) is 4.12. The van der Waals surface area contributed by atoms with Crippen molar-refractivity contribution in [3.8, 4) is 5.75 Å². The Balaban J connectivity index is 1.54. The van der Waals surface area contributed by atoms with Crippen LogP contribution in [0.4, 0.5) is 5.69 Å². The Bertz CT molecular complexity index is 1480. The zero-order valence-corrected chi connectivity index (χ0v) is 20.2. The van der Waals surface area contributed by atoms with Crippen LogP contribution in [0.1, 0.15) is 17.4 Å². The smallest absolute Gasteiger partial charge is 0.249 e. The lowest BCUT2D eigenvalue weighted by molar-refractivity contribution is -0.127. The lowest BCUT2D eigenvalue weighted by Gasteiger charge is -2.31. The molecule has 0 unspecified atom stereocenters. The summed E-state index contributed by atoms with van der Waals surface area (Å²) >= 11 is 0. The van der Waals surface area contributed by atoms with Gasteiger partial charge in [-0.15, -0.1) is 5.10 Å². The Morgan fingerprint density at radius 1 is 0.973 bits per heavy atom. The Kier molecular flexibility index (Phi) is 6.93. The summed E-state index contributed by atoms with van der Waals surface area (Å²) in [7, 11) is 1.57. The molecule has 5 aromatic rings. The van der Waals surface area contributed by atoms with Crippen molar-refractivity contribution in [2.24, 2.45) is 0 Å². The van der Waals surface area contributed by atoms with Gasteiger partial charge in [0.2, 0.25) is 11.8 Å². The number of rotatable bonds is 9. The van der Waals surface area contributed by atoms with Gasteiger partial charge in [-0.2, -0.15) is 0 Å². The number of carbonyl (C=O) groups excluding carboxylic acids is 2. The van der Waals surface area contributed by atoms with Crippen molar-refractivity contribution >= 4 is 28.5 Å². The zero-order chi connectivity index (χ0) is 25.6. The van der Waals surface area contributed by atoms with Crippen LogP contribution >= 0.6 is 0 Å². The molecule has 0 aliphatic rings. The highest BCUT2D eigenvalue weighted by Crippen LogP contribution is 2.30. The van der Waals surface area contributed by atoms with Crippen LogP contribution in [-0.4, -0.2) is 33.9 Å². The lowest BCUT2D eigenvalue weighted by atomic mass is 10.0. The molecule has 0 radical (unpaired) electrons. The first kappa shape index (κ1) is 23.8. The molecule has 186 valence electrons. The molecule has 3 aromatic carbocycles. The molecular formula is C28H25N5O4. The fourth-order valence-corrected chi connectivity index (χ4v) is 4.16. The van der Waals surface area contributed by atoms with E-state index in [1.54, 1.807) is 49.8 Å². The van der Waals surface area contributed by atoms with Crippen molar-refractivity contribution < 1.29 is 18.7 Å². The number of ether oxygens (including phenoxy) is 1. The number of benzene rings is 3. The molecule has 2 amide bonds. The summed E-state index contributed by atoms with van der Waals surface area (Å²) < 4.78 is 12.2. The third kappa shape index (κ3) is 5.20. The standard InChI is InChI=1S/C28H25N5O4/c1-36-22-15-13-21(14-16-22)33(26(34)19-32-25-12-6-5-11-24(25)30-31-32)27(20-8-3-2-4-9-20)28(35)29-18-23-10-7-17-37-23/h2-17,27H,18-19H2,1H3,(H,29,35)/t27-/m0/s1. The molecule has 37 heavy (non-hydrogen) atoms. The van der Waals surface area contributed by atoms with Crippen LogP contribution in [0, 0.1) is 0 Å². The van der Waals surface area contributed by atoms with Gasteiger partial charge in [0.15, 0.2) is 0 Å². The summed E-state index contributed by atoms with van der Waals surface area (Å²) in [6.07, 6.45) is 1.55. The van der Waals surface area contributed by atoms with Crippen LogP contribution in [0.2, 0.25) is 0 Å². The van der Waals surface area contributed by atoms with Crippen molar-refractivity contribution in [3.63, 3.8) is 0 Å². The number of hydrogen-bond donors (Lipinski definition) is 1. The van der Waals surface area contributed by atoms with Gasteiger partial charge < -0.3 is 14.5 Å². The summed E-state index contributed by atoms with van der Waals surface area (Å²) in [4.78, 5) is 29.1. The summed E-state index contributed by atoms with van der Waals surface area (Å²) in [5, 5.41) is 11.2. The molecule has 2 heterocycles. The van der Waals surface area contributed by atoms with E-state index in [1.165, 1.54) is 9.58 Å². The molecule has 1 atom stereocenters. The largest absolute Gasteiger partial charge is 0.497 e. The minimum Gasteiger partial charge on any atom is -0.497 e. The number of fused-ring (bicyclic) bond motifs is 1. The predicted molar refractivity (Wildman–Crippen MR) is 138 cm³/mol. The van der Waals surface area contributed by atoms with Gasteiger partial charge in [0, 0.05) is 5.69 Å². The van der Waals surface area contributed by atoms with Gasteiger partial charge >= 0.3 is 0 Å². The van der Waals surface area contributed by atoms with Gasteiger partial charge in [-0.05, 0) is 54.1 Å². The van der Waals surface area contributed by atoms with Gasteiger partial charge in [0.05, 0.1) is 25.4 Å². The number of anilines is 1. The van der Waals surface area contributed by atoms with E-state index in [-0.39, 0.29) is 24.9 Å². The van der Waals surface area contributed by atoms with Gasteiger partial charge in [0.1, 0.15) is 29.6 Å². The van der Waals surface area contributed by atoms with Crippen LogP contribution in [0.25, 0.3) is 11.0 Å². The van der Waals surface area contributed by atoms with Crippen LogP contribution in [-0.2, 0) is 22.7 Å². The van der Waals surface area contributed by atoms with Gasteiger partial charge in [-0.3, -0.25) is 14.5 Å². The summed E-state index contributed by atoms with van der Waals surface area (Å²) in [6, 6.07) is 26.2. The van der Waals surface area contributed by atoms with Crippen molar-refractivity contribution in [1.29, 1.82) is 0 Å². The van der Waals surface area contributed by atoms with E-state index in [4.69, 9.17) is 9.15 Å². The van der Waals surface area contributed by atoms with E-state index >= 15 is 0 Å². The number of hydrogen-bond acceptors (Lipinski definition) is 6. The molecule has 0 aliphatic carbocycles. The maximum Gasteiger partial charge on any atom is 0.249 e. The van der Waals surface area contributed by atoms with Crippen LogP contribution < -0.4 is 15.0 Å². The van der Waals surface area contributed by atoms with Crippen LogP contribution in [0.3, 0.4) is 0 Å². The van der Waals surface area contributed by atoms with E-state index in [2.05, 4.69) is 15.6 Å². The van der Waals surface area contributed by atoms with Crippen LogP contribution in [0.15, 0.2) is 102 Å². The third-order valence-electron chi connectivity index (χ3n) is 5.96. The Morgan fingerprint density at radius 3 is 2.46 bits per heavy atom. The maximum absolute atomic E-state index is 14.0. The summed E-state index contributed by atoms with van der Waals surface area (Å²) in [5.74, 6) is 0.562. The zero-order valence-electron chi connectivity index (χ0n) is 20.2. The van der Waals surface area contributed by atoms with Gasteiger partial charge in [-0.1, -0.05) is 47.7 Å². The quantitative estimate of drug-likeness (QED) is 0.330. The fourth-order valence-electron chi connectivity index (χ4n) is 4.16. The molecule has 5 rings (SSSR count). The monoisotopic (exact) mass is 495 g/mol. The van der Waals surface area contributed by atoms with Gasteiger partial charge in [0.25, 0.3) is 0 Å². The Labute approximate surface area is 213 Å². The fraction of sp³-hybridized carbons (Fsp3) is 0.143. The minimum absolute atomic E-state index is 0.110. The average molecular weight is 496 g/mol. The summed E-state index contributed by atoms with van der Waals surface area (Å²) in [5.41, 5.74) is 2.61. The molecule has 0 saturated carbocycles. The topological polar surface area (TPSA) is 102 Å². The highest BCUT2D eigenvalue weighted by molar-refractivity contribution is 6.01. The Hall–Kier alpha value is -4.92. The number of para-hydroxylation sites is 1. The molecule has 0 aliphatic heterocycles. The molecule has 1 N–H and O–H groups in total. The maximum atomic E-state index is 14.0. The second-order valence-corrected chi connectivity index (χ2v) is 8.31. The first-order valence-electron chi connectivity index (χ1n) is 11.7. The van der Waals surface area contributed by atoms with Crippen molar-refractivity contribution in [3.05, 3.63) is 109 Å². The first-order valence-corrected chi connectivity index (χ1v) is 11.7. The molecule has 9 nitrogen and oxygen atoms in total. The van der Waals surface area contributed by atoms with Crippen LogP contribution in [0.5, 0.6) is 5.75 Å². The van der Waals surface area contributed by atoms with Crippen molar-refractivity contribution in [1.82, 2.24) is 20.3 Å². The first-order chi connectivity index (χ1) is 18.1. The normalized spacial score (nSPS) is 11.7. The number of amides is 2. The average Bonchev–Trinajstić information content (AvgIpc) is 3.61. The molecule has 2 aromatic heterocycles. The molecular weight excluding hydrogens is 470 g/mol. The second-order valence-electron chi connectivity index (χ2n) is 8.31.